The number of hydrogen-bond donors (Lipinski definition) is 5. The summed E-state index contributed by atoms with van der Waals surface area (Å²) in [6.07, 6.45) is -9.74. The summed E-state index contributed by atoms with van der Waals surface area (Å²) < 4.78 is 59.9. The maximum atomic E-state index is 13.0. The Morgan fingerprint density at radius 1 is 0.830 bits per heavy atom. The number of aromatic nitrogens is 8. The largest absolute Gasteiger partial charge is 1.00 e. The van der Waals surface area contributed by atoms with Crippen molar-refractivity contribution >= 4 is 49.7 Å². The SMILES string of the molecule is Nc1nc2c(ncn2C2O[C@H]3COP(=O)([O-])OC4C(COP(=O)([O-])OC3C2O)O[C@H](n2cnc3c(N)ncnc32)C4O)c(=O)[nH]1.[Na+].[Na+]. The number of nitrogens with two attached hydrogens (primary N) is 2. The fourth-order valence-corrected chi connectivity index (χ4v) is 7.20. The van der Waals surface area contributed by atoms with Crippen LogP contribution in [-0.4, -0.2) is 99.1 Å². The van der Waals surface area contributed by atoms with Crippen LogP contribution in [0.1, 0.15) is 12.5 Å². The molecule has 0 spiro atoms. The molecule has 3 aliphatic heterocycles. The smallest absolute Gasteiger partial charge is 0.756 e. The second kappa shape index (κ2) is 13.7. The van der Waals surface area contributed by atoms with Gasteiger partial charge in [-0.1, -0.05) is 0 Å². The van der Waals surface area contributed by atoms with Crippen molar-refractivity contribution in [2.45, 2.75) is 49.1 Å². The molecule has 242 valence electrons. The minimum absolute atomic E-state index is 0. The van der Waals surface area contributed by atoms with Crippen molar-refractivity contribution in [2.24, 2.45) is 0 Å². The summed E-state index contributed by atoms with van der Waals surface area (Å²) >= 11 is 0. The number of H-pyrrole nitrogens is 1. The van der Waals surface area contributed by atoms with Crippen molar-refractivity contribution in [1.29, 1.82) is 0 Å². The number of aliphatic hydroxyl groups excluding tert-OH is 2. The van der Waals surface area contributed by atoms with Gasteiger partial charge in [0.05, 0.1) is 25.9 Å². The molecule has 27 heteroatoms. The van der Waals surface area contributed by atoms with E-state index in [1.54, 1.807) is 0 Å². The number of nitrogen functional groups attached to an aromatic ring is 2. The van der Waals surface area contributed by atoms with Crippen molar-refractivity contribution in [3.05, 3.63) is 29.3 Å². The Morgan fingerprint density at radius 2 is 1.34 bits per heavy atom. The number of hydrogen-bond acceptors (Lipinski definition) is 20. The summed E-state index contributed by atoms with van der Waals surface area (Å²) in [6, 6.07) is 0. The van der Waals surface area contributed by atoms with Crippen LogP contribution in [0.25, 0.3) is 22.3 Å². The summed E-state index contributed by atoms with van der Waals surface area (Å²) in [5, 5.41) is 22.1. The number of aliphatic hydroxyl groups is 2. The van der Waals surface area contributed by atoms with Gasteiger partial charge in [-0.15, -0.1) is 0 Å². The number of fused-ring (bicyclic) bond motifs is 4. The Morgan fingerprint density at radius 3 is 1.89 bits per heavy atom. The van der Waals surface area contributed by atoms with E-state index < -0.39 is 83.5 Å². The summed E-state index contributed by atoms with van der Waals surface area (Å²) in [6.45, 7) is -1.83. The first kappa shape index (κ1) is 36.8. The number of phosphoric acid groups is 2. The Balaban J connectivity index is 0.00000217. The van der Waals surface area contributed by atoms with Gasteiger partial charge in [-0.25, -0.2) is 19.9 Å². The maximum Gasteiger partial charge on any atom is 1.00 e. The molecule has 4 aromatic rings. The van der Waals surface area contributed by atoms with Crippen molar-refractivity contribution in [3.8, 4) is 0 Å². The van der Waals surface area contributed by atoms with Gasteiger partial charge in [0, 0.05) is 0 Å². The number of phosphoric ester groups is 2. The molecule has 3 saturated heterocycles. The average molecular weight is 718 g/mol. The van der Waals surface area contributed by atoms with Gasteiger partial charge in [0.25, 0.3) is 21.2 Å². The van der Waals surface area contributed by atoms with E-state index in [4.69, 9.17) is 39.0 Å². The maximum absolute atomic E-state index is 13.0. The Bertz CT molecular complexity index is 1950. The number of nitrogens with one attached hydrogen (secondary N) is 1. The normalized spacial score (nSPS) is 36.1. The predicted octanol–water partition coefficient (Wildman–Crippen LogP) is -9.60. The van der Waals surface area contributed by atoms with Crippen molar-refractivity contribution in [3.63, 3.8) is 0 Å². The molecule has 7 N–H and O–H groups in total. The standard InChI is InChI=1S/C20H24N10O13P2.2Na/c21-14-8-15(24-3-23-14)29(4-25-8)18-10(31)12-6(40-18)1-38-45(36,37)43-13-7(2-39-44(34,35)42-12)41-19(11(13)32)30-5-26-9-16(30)27-20(22)28-17(9)33;;/h3-7,10-13,18-19,31-32H,1-2H2,(H,34,35)(H,36,37)(H2,21,23,24)(H3,22,27,28,33);;/q;2*+1/p-2/t6?,7-,10?,11?,12?,13?,18-,19?;;/m0../s1. The molecule has 7 heterocycles. The van der Waals surface area contributed by atoms with E-state index in [1.807, 2.05) is 0 Å². The fourth-order valence-electron chi connectivity index (χ4n) is 5.30. The van der Waals surface area contributed by atoms with Gasteiger partial charge in [-0.05, 0) is 0 Å². The molecule has 47 heavy (non-hydrogen) atoms. The number of nitrogens with zero attached hydrogens (tertiary/aromatic N) is 7. The first-order valence-electron chi connectivity index (χ1n) is 12.9. The Kier molecular flexibility index (Phi) is 10.7. The molecule has 0 aromatic carbocycles. The van der Waals surface area contributed by atoms with Gasteiger partial charge in [-0.2, -0.15) is 4.98 Å². The van der Waals surface area contributed by atoms with Crippen LogP contribution in [0, 0.1) is 0 Å². The van der Waals surface area contributed by atoms with Gasteiger partial charge in [0.1, 0.15) is 48.5 Å². The zero-order chi connectivity index (χ0) is 31.8. The minimum Gasteiger partial charge on any atom is -0.756 e. The fraction of sp³-hybridized carbons (Fsp3) is 0.500. The molecule has 0 saturated carbocycles. The number of ether oxygens (including phenoxy) is 2. The Hall–Kier alpha value is -1.44. The number of anilines is 2. The number of aromatic amines is 1. The summed E-state index contributed by atoms with van der Waals surface area (Å²) in [5.74, 6) is -0.266. The third-order valence-electron chi connectivity index (χ3n) is 7.30. The van der Waals surface area contributed by atoms with Gasteiger partial charge in [0.15, 0.2) is 35.1 Å². The van der Waals surface area contributed by atoms with E-state index in [1.165, 1.54) is 10.9 Å². The molecule has 0 bridgehead atoms. The molecule has 3 aliphatic rings. The van der Waals surface area contributed by atoms with Crippen LogP contribution in [-0.2, 0) is 36.7 Å². The molecule has 8 unspecified atom stereocenters. The van der Waals surface area contributed by atoms with Crippen molar-refractivity contribution in [2.75, 3.05) is 24.7 Å². The van der Waals surface area contributed by atoms with Crippen LogP contribution in [0.2, 0.25) is 0 Å². The van der Waals surface area contributed by atoms with Gasteiger partial charge in [-0.3, -0.25) is 28.0 Å². The van der Waals surface area contributed by atoms with E-state index in [0.29, 0.717) is 0 Å². The zero-order valence-electron chi connectivity index (χ0n) is 24.3. The van der Waals surface area contributed by atoms with Crippen LogP contribution >= 0.6 is 15.6 Å². The molecular weight excluding hydrogens is 696 g/mol. The molecule has 0 aliphatic carbocycles. The number of imidazole rings is 2. The van der Waals surface area contributed by atoms with Gasteiger partial charge >= 0.3 is 59.1 Å². The topological polar surface area (TPSA) is 335 Å². The molecule has 23 nitrogen and oxygen atoms in total. The zero-order valence-corrected chi connectivity index (χ0v) is 30.1. The molecule has 4 aromatic heterocycles. The summed E-state index contributed by atoms with van der Waals surface area (Å²) in [7, 11) is -10.6. The molecule has 7 rings (SSSR count). The van der Waals surface area contributed by atoms with Gasteiger partial charge in [0.2, 0.25) is 5.95 Å². The second-order valence-corrected chi connectivity index (χ2v) is 12.8. The molecule has 3 fully saturated rings. The molecule has 0 radical (unpaired) electrons. The Labute approximate surface area is 305 Å². The van der Waals surface area contributed by atoms with Crippen LogP contribution in [0.5, 0.6) is 0 Å². The van der Waals surface area contributed by atoms with Crippen molar-refractivity contribution < 1.29 is 116 Å². The van der Waals surface area contributed by atoms with E-state index in [-0.39, 0.29) is 93.2 Å². The van der Waals surface area contributed by atoms with Crippen LogP contribution < -0.4 is 85.9 Å². The monoisotopic (exact) mass is 718 g/mol. The summed E-state index contributed by atoms with van der Waals surface area (Å²) in [4.78, 5) is 60.2. The van der Waals surface area contributed by atoms with E-state index in [9.17, 15) is 33.9 Å². The average Bonchev–Trinajstić information content (AvgIpc) is 3.72. The van der Waals surface area contributed by atoms with Crippen molar-refractivity contribution in [1.82, 2.24) is 39.0 Å². The van der Waals surface area contributed by atoms with E-state index in [2.05, 4.69) is 29.9 Å². The number of rotatable bonds is 2. The van der Waals surface area contributed by atoms with Crippen LogP contribution in [0.3, 0.4) is 0 Å². The second-order valence-electron chi connectivity index (χ2n) is 10.1. The minimum atomic E-state index is -5.32. The van der Waals surface area contributed by atoms with Crippen LogP contribution in [0.15, 0.2) is 23.8 Å². The first-order chi connectivity index (χ1) is 21.3. The quantitative estimate of drug-likeness (QED) is 0.0948. The molecule has 0 amide bonds. The first-order valence-corrected chi connectivity index (χ1v) is 15.8. The predicted molar refractivity (Wildman–Crippen MR) is 139 cm³/mol. The third-order valence-corrected chi connectivity index (χ3v) is 9.23. The third kappa shape index (κ3) is 6.85. The van der Waals surface area contributed by atoms with Gasteiger partial charge < -0.3 is 59.0 Å². The molecule has 10 atom stereocenters. The van der Waals surface area contributed by atoms with E-state index in [0.717, 1.165) is 17.2 Å². The molecular formula is C20H22N10Na2O13P2. The van der Waals surface area contributed by atoms with Crippen LogP contribution in [0.4, 0.5) is 11.8 Å². The van der Waals surface area contributed by atoms with E-state index >= 15 is 0 Å². The summed E-state index contributed by atoms with van der Waals surface area (Å²) in [5.41, 5.74) is 10.7.